The number of hydrazine groups is 1. The van der Waals surface area contributed by atoms with Gasteiger partial charge in [0.15, 0.2) is 0 Å². The smallest absolute Gasteiger partial charge is 0.241 e. The first-order chi connectivity index (χ1) is 14.2. The molecule has 0 aromatic heterocycles. The Morgan fingerprint density at radius 3 is 2.43 bits per heavy atom. The Kier molecular flexibility index (Phi) is 11.0. The Morgan fingerprint density at radius 2 is 1.90 bits per heavy atom. The molecule has 2 amide bonds. The second-order valence-electron chi connectivity index (χ2n) is 8.27. The second-order valence-corrected chi connectivity index (χ2v) is 8.27. The van der Waals surface area contributed by atoms with Crippen molar-refractivity contribution in [3.05, 3.63) is 48.6 Å². The number of hydrogen-bond donors (Lipinski definition) is 4. The van der Waals surface area contributed by atoms with Crippen molar-refractivity contribution in [1.29, 1.82) is 0 Å². The van der Waals surface area contributed by atoms with Crippen molar-refractivity contribution >= 4 is 18.1 Å². The quantitative estimate of drug-likeness (QED) is 0.151. The number of allylic oxidation sites excluding steroid dienone is 1. The third kappa shape index (κ3) is 8.88. The number of primary amides is 1. The predicted molar refractivity (Wildman–Crippen MR) is 119 cm³/mol. The minimum Gasteiger partial charge on any atom is -0.368 e. The first-order valence-electron chi connectivity index (χ1n) is 10.4. The van der Waals surface area contributed by atoms with Gasteiger partial charge in [-0.15, -0.1) is 6.58 Å². The summed E-state index contributed by atoms with van der Waals surface area (Å²) in [6, 6.07) is 8.12. The molecule has 0 fully saturated rings. The average Bonchev–Trinajstić information content (AvgIpc) is 2.71. The van der Waals surface area contributed by atoms with Crippen LogP contribution in [-0.2, 0) is 20.8 Å². The lowest BCUT2D eigenvalue weighted by Gasteiger charge is -2.33. The topological polar surface area (TPSA) is 113 Å². The molecule has 3 atom stereocenters. The van der Waals surface area contributed by atoms with Crippen molar-refractivity contribution in [2.75, 3.05) is 0 Å². The molecule has 0 unspecified atom stereocenters. The Labute approximate surface area is 179 Å². The van der Waals surface area contributed by atoms with E-state index in [-0.39, 0.29) is 5.91 Å². The molecule has 5 N–H and O–H groups in total. The van der Waals surface area contributed by atoms with Crippen molar-refractivity contribution in [3.8, 4) is 0 Å². The summed E-state index contributed by atoms with van der Waals surface area (Å²) < 4.78 is 0. The zero-order chi connectivity index (χ0) is 22.6. The molecule has 0 spiro atoms. The summed E-state index contributed by atoms with van der Waals surface area (Å²) in [6.07, 6.45) is 5.52. The second kappa shape index (κ2) is 12.9. The van der Waals surface area contributed by atoms with Crippen LogP contribution in [0.5, 0.6) is 0 Å². The summed E-state index contributed by atoms with van der Waals surface area (Å²) in [5.41, 5.74) is 11.4. The molecule has 166 valence electrons. The summed E-state index contributed by atoms with van der Waals surface area (Å²) in [6.45, 7) is 9.51. The van der Waals surface area contributed by atoms with Crippen LogP contribution >= 0.6 is 0 Å². The van der Waals surface area contributed by atoms with Crippen LogP contribution in [0, 0.1) is 5.92 Å². The van der Waals surface area contributed by atoms with Gasteiger partial charge in [0.2, 0.25) is 11.8 Å². The van der Waals surface area contributed by atoms with Crippen molar-refractivity contribution in [2.24, 2.45) is 11.7 Å². The minimum absolute atomic E-state index is 0.308. The highest BCUT2D eigenvalue weighted by Crippen LogP contribution is 2.16. The van der Waals surface area contributed by atoms with Gasteiger partial charge >= 0.3 is 0 Å². The van der Waals surface area contributed by atoms with Gasteiger partial charge in [0.1, 0.15) is 17.9 Å². The molecule has 0 aliphatic rings. The lowest BCUT2D eigenvalue weighted by atomic mass is 9.93. The molecule has 0 saturated carbocycles. The van der Waals surface area contributed by atoms with Crippen LogP contribution in [0.4, 0.5) is 0 Å². The summed E-state index contributed by atoms with van der Waals surface area (Å²) in [5, 5.41) is 2.78. The molecule has 0 saturated heterocycles. The highest BCUT2D eigenvalue weighted by atomic mass is 16.2. The summed E-state index contributed by atoms with van der Waals surface area (Å²) >= 11 is 0. The number of amides is 2. The van der Waals surface area contributed by atoms with Gasteiger partial charge in [-0.25, -0.2) is 10.9 Å². The van der Waals surface area contributed by atoms with Gasteiger partial charge in [-0.1, -0.05) is 50.3 Å². The van der Waals surface area contributed by atoms with Gasteiger partial charge in [0.05, 0.1) is 6.04 Å². The van der Waals surface area contributed by atoms with Gasteiger partial charge < -0.3 is 15.8 Å². The zero-order valence-electron chi connectivity index (χ0n) is 18.3. The van der Waals surface area contributed by atoms with E-state index in [1.807, 2.05) is 44.2 Å². The molecule has 7 heteroatoms. The molecule has 0 bridgehead atoms. The Morgan fingerprint density at radius 1 is 1.23 bits per heavy atom. The van der Waals surface area contributed by atoms with Crippen LogP contribution in [0.15, 0.2) is 43.0 Å². The van der Waals surface area contributed by atoms with Crippen LogP contribution < -0.4 is 21.9 Å². The third-order valence-corrected chi connectivity index (χ3v) is 4.94. The SMILES string of the molecule is C=CCCC[C@](C)(NN[C@H](C=O)CC(C)C)C(=O)N[C@@H](Cc1ccccc1)C(N)=O. The number of carbonyl (C=O) groups is 3. The van der Waals surface area contributed by atoms with Crippen LogP contribution in [-0.4, -0.2) is 35.7 Å². The number of rotatable bonds is 15. The largest absolute Gasteiger partial charge is 0.368 e. The highest BCUT2D eigenvalue weighted by molar-refractivity contribution is 5.91. The molecular weight excluding hydrogens is 380 g/mol. The molecule has 0 aliphatic heterocycles. The van der Waals surface area contributed by atoms with E-state index in [0.29, 0.717) is 25.2 Å². The van der Waals surface area contributed by atoms with E-state index >= 15 is 0 Å². The van der Waals surface area contributed by atoms with Crippen LogP contribution in [0.1, 0.15) is 52.0 Å². The van der Waals surface area contributed by atoms with E-state index in [2.05, 4.69) is 22.7 Å². The van der Waals surface area contributed by atoms with E-state index < -0.39 is 23.5 Å². The van der Waals surface area contributed by atoms with Gasteiger partial charge in [0, 0.05) is 6.42 Å². The first-order valence-corrected chi connectivity index (χ1v) is 10.4. The molecule has 0 radical (unpaired) electrons. The number of nitrogens with two attached hydrogens (primary N) is 1. The summed E-state index contributed by atoms with van der Waals surface area (Å²) in [7, 11) is 0. The molecule has 1 aromatic carbocycles. The van der Waals surface area contributed by atoms with E-state index in [4.69, 9.17) is 5.73 Å². The maximum atomic E-state index is 13.2. The number of nitrogens with one attached hydrogen (secondary N) is 3. The Balaban J connectivity index is 2.91. The average molecular weight is 417 g/mol. The number of aldehydes is 1. The third-order valence-electron chi connectivity index (χ3n) is 4.94. The fourth-order valence-electron chi connectivity index (χ4n) is 3.13. The molecule has 30 heavy (non-hydrogen) atoms. The predicted octanol–water partition coefficient (Wildman–Crippen LogP) is 2.02. The Hall–Kier alpha value is -2.51. The molecule has 0 heterocycles. The normalized spacial score (nSPS) is 15.1. The van der Waals surface area contributed by atoms with E-state index in [1.165, 1.54) is 0 Å². The number of benzene rings is 1. The summed E-state index contributed by atoms with van der Waals surface area (Å²) in [4.78, 5) is 36.5. The van der Waals surface area contributed by atoms with E-state index in [9.17, 15) is 14.4 Å². The number of unbranched alkanes of at least 4 members (excludes halogenated alkanes) is 1. The maximum Gasteiger partial charge on any atom is 0.241 e. The van der Waals surface area contributed by atoms with Gasteiger partial charge in [-0.2, -0.15) is 0 Å². The minimum atomic E-state index is -1.04. The standard InChI is InChI=1S/C23H36N4O3/c1-5-6-10-13-23(4,27-26-19(16-28)14-17(2)3)22(30)25-20(21(24)29)15-18-11-8-7-9-12-18/h5,7-9,11-12,16-17,19-20,26-27H,1,6,10,13-15H2,2-4H3,(H2,24,29)(H,25,30)/t19-,20-,23-/m0/s1. The molecule has 1 rings (SSSR count). The van der Waals surface area contributed by atoms with Crippen molar-refractivity contribution in [1.82, 2.24) is 16.2 Å². The highest BCUT2D eigenvalue weighted by Gasteiger charge is 2.35. The molecule has 1 aromatic rings. The fourth-order valence-corrected chi connectivity index (χ4v) is 3.13. The Bertz CT molecular complexity index is 693. The van der Waals surface area contributed by atoms with Gasteiger partial charge in [-0.3, -0.25) is 9.59 Å². The van der Waals surface area contributed by atoms with Crippen molar-refractivity contribution < 1.29 is 14.4 Å². The van der Waals surface area contributed by atoms with Crippen LogP contribution in [0.2, 0.25) is 0 Å². The maximum absolute atomic E-state index is 13.2. The fraction of sp³-hybridized carbons (Fsp3) is 0.522. The van der Waals surface area contributed by atoms with E-state index in [0.717, 1.165) is 24.7 Å². The van der Waals surface area contributed by atoms with Crippen molar-refractivity contribution in [3.63, 3.8) is 0 Å². The molecule has 0 aliphatic carbocycles. The lowest BCUT2D eigenvalue weighted by Crippen LogP contribution is -2.64. The number of carbonyl (C=O) groups excluding carboxylic acids is 3. The first kappa shape index (κ1) is 25.5. The van der Waals surface area contributed by atoms with Gasteiger partial charge in [0.25, 0.3) is 0 Å². The van der Waals surface area contributed by atoms with E-state index in [1.54, 1.807) is 13.0 Å². The van der Waals surface area contributed by atoms with Crippen molar-refractivity contribution in [2.45, 2.75) is 70.5 Å². The molecular formula is C23H36N4O3. The number of hydrogen-bond acceptors (Lipinski definition) is 5. The van der Waals surface area contributed by atoms with Crippen LogP contribution in [0.3, 0.4) is 0 Å². The molecule has 7 nitrogen and oxygen atoms in total. The summed E-state index contributed by atoms with van der Waals surface area (Å²) in [5.74, 6) is -0.632. The van der Waals surface area contributed by atoms with Crippen LogP contribution in [0.25, 0.3) is 0 Å². The lowest BCUT2D eigenvalue weighted by molar-refractivity contribution is -0.132. The monoisotopic (exact) mass is 416 g/mol. The van der Waals surface area contributed by atoms with Gasteiger partial charge in [-0.05, 0) is 44.1 Å². The zero-order valence-corrected chi connectivity index (χ0v) is 18.3.